The third-order valence-electron chi connectivity index (χ3n) is 4.64. The minimum Gasteiger partial charge on any atom is -0.386 e. The molecule has 27 heavy (non-hydrogen) atoms. The maximum atomic E-state index is 10.6. The maximum Gasteiger partial charge on any atom is 0.0938 e. The van der Waals surface area contributed by atoms with Crippen molar-refractivity contribution >= 4 is 0 Å². The molecule has 0 aliphatic heterocycles. The van der Waals surface area contributed by atoms with Crippen LogP contribution < -0.4 is 0 Å². The number of para-hydroxylation sites is 1. The molecule has 1 N–H and O–H groups in total. The molecule has 3 heteroatoms. The van der Waals surface area contributed by atoms with E-state index in [2.05, 4.69) is 18.2 Å². The minimum atomic E-state index is -0.944. The summed E-state index contributed by atoms with van der Waals surface area (Å²) in [6.07, 6.45) is 0. The third-order valence-corrected chi connectivity index (χ3v) is 4.64. The number of nitrogens with zero attached hydrogens (tertiary/aromatic N) is 2. The van der Waals surface area contributed by atoms with Gasteiger partial charge < -0.3 is 5.11 Å². The average Bonchev–Trinajstić information content (AvgIpc) is 3.14. The molecule has 0 unspecified atom stereocenters. The van der Waals surface area contributed by atoms with E-state index in [9.17, 15) is 5.11 Å². The van der Waals surface area contributed by atoms with E-state index >= 15 is 0 Å². The molecule has 0 atom stereocenters. The van der Waals surface area contributed by atoms with Crippen molar-refractivity contribution in [1.82, 2.24) is 9.78 Å². The molecule has 0 saturated carbocycles. The number of aliphatic hydroxyl groups is 1. The van der Waals surface area contributed by atoms with Crippen LogP contribution in [0.4, 0.5) is 0 Å². The number of benzene rings is 3. The molecular weight excluding hydrogens is 332 g/mol. The molecule has 134 valence electrons. The molecule has 0 aliphatic rings. The first kappa shape index (κ1) is 17.3. The lowest BCUT2D eigenvalue weighted by molar-refractivity contribution is 0.0792. The quantitative estimate of drug-likeness (QED) is 0.530. The second-order valence-corrected chi connectivity index (χ2v) is 7.13. The molecule has 0 saturated heterocycles. The van der Waals surface area contributed by atoms with Crippen LogP contribution in [0.3, 0.4) is 0 Å². The Labute approximate surface area is 159 Å². The van der Waals surface area contributed by atoms with Crippen molar-refractivity contribution in [3.63, 3.8) is 0 Å². The lowest BCUT2D eigenvalue weighted by atomic mass is 9.91. The van der Waals surface area contributed by atoms with Gasteiger partial charge in [0.05, 0.1) is 22.7 Å². The van der Waals surface area contributed by atoms with Gasteiger partial charge >= 0.3 is 0 Å². The smallest absolute Gasteiger partial charge is 0.0938 e. The highest BCUT2D eigenvalue weighted by Gasteiger charge is 2.22. The third kappa shape index (κ3) is 3.42. The number of hydrogen-bond acceptors (Lipinski definition) is 2. The van der Waals surface area contributed by atoms with E-state index in [1.807, 2.05) is 77.5 Å². The molecular formula is C24H22N2O. The van der Waals surface area contributed by atoms with E-state index in [4.69, 9.17) is 5.10 Å². The Kier molecular flexibility index (Phi) is 4.38. The van der Waals surface area contributed by atoms with Crippen molar-refractivity contribution in [3.05, 3.63) is 96.6 Å². The molecule has 3 nitrogen and oxygen atoms in total. The summed E-state index contributed by atoms with van der Waals surface area (Å²) in [5, 5.41) is 15.5. The number of rotatable bonds is 4. The summed E-state index contributed by atoms with van der Waals surface area (Å²) in [7, 11) is 0. The molecule has 1 heterocycles. The van der Waals surface area contributed by atoms with Crippen LogP contribution >= 0.6 is 0 Å². The number of hydrogen-bond donors (Lipinski definition) is 1. The van der Waals surface area contributed by atoms with Crippen molar-refractivity contribution in [1.29, 1.82) is 0 Å². The van der Waals surface area contributed by atoms with E-state index in [0.717, 1.165) is 33.8 Å². The average molecular weight is 354 g/mol. The fraction of sp³-hybridized carbons (Fsp3) is 0.125. The molecule has 4 rings (SSSR count). The molecule has 0 bridgehead atoms. The maximum absolute atomic E-state index is 10.6. The Bertz CT molecular complexity index is 988. The minimum absolute atomic E-state index is 0.843. The predicted molar refractivity (Wildman–Crippen MR) is 110 cm³/mol. The second kappa shape index (κ2) is 6.86. The van der Waals surface area contributed by atoms with E-state index in [-0.39, 0.29) is 0 Å². The highest BCUT2D eigenvalue weighted by molar-refractivity contribution is 5.72. The van der Waals surface area contributed by atoms with Crippen LogP contribution in [0.25, 0.3) is 28.2 Å². The largest absolute Gasteiger partial charge is 0.386 e. The zero-order valence-corrected chi connectivity index (χ0v) is 15.5. The van der Waals surface area contributed by atoms with E-state index in [1.54, 1.807) is 13.8 Å². The Morgan fingerprint density at radius 2 is 1.37 bits per heavy atom. The lowest BCUT2D eigenvalue weighted by Gasteiger charge is -2.20. The van der Waals surface area contributed by atoms with Crippen molar-refractivity contribution in [2.24, 2.45) is 0 Å². The van der Waals surface area contributed by atoms with Gasteiger partial charge in [-0.05, 0) is 37.6 Å². The molecule has 0 fully saturated rings. The predicted octanol–water partition coefficient (Wildman–Crippen LogP) is 5.43. The normalized spacial score (nSPS) is 11.5. The van der Waals surface area contributed by atoms with Crippen molar-refractivity contribution in [2.75, 3.05) is 0 Å². The van der Waals surface area contributed by atoms with Crippen molar-refractivity contribution < 1.29 is 5.11 Å². The van der Waals surface area contributed by atoms with E-state index in [1.165, 1.54) is 0 Å². The first-order valence-corrected chi connectivity index (χ1v) is 9.07. The van der Waals surface area contributed by atoms with E-state index < -0.39 is 5.60 Å². The van der Waals surface area contributed by atoms with Crippen LogP contribution in [0, 0.1) is 0 Å². The second-order valence-electron chi connectivity index (χ2n) is 7.13. The van der Waals surface area contributed by atoms with Crippen LogP contribution in [-0.4, -0.2) is 14.9 Å². The van der Waals surface area contributed by atoms with Gasteiger partial charge in [0.15, 0.2) is 0 Å². The first-order chi connectivity index (χ1) is 13.0. The zero-order chi connectivity index (χ0) is 18.9. The van der Waals surface area contributed by atoms with Gasteiger partial charge in [-0.1, -0.05) is 72.8 Å². The van der Waals surface area contributed by atoms with Gasteiger partial charge in [-0.25, -0.2) is 4.68 Å². The van der Waals surface area contributed by atoms with Gasteiger partial charge in [-0.3, -0.25) is 0 Å². The summed E-state index contributed by atoms with van der Waals surface area (Å²) in [5.41, 5.74) is 4.82. The summed E-state index contributed by atoms with van der Waals surface area (Å²) in [6, 6.07) is 30.3. The van der Waals surface area contributed by atoms with Gasteiger partial charge in [0.1, 0.15) is 0 Å². The zero-order valence-electron chi connectivity index (χ0n) is 15.5. The standard InChI is InChI=1S/C24H22N2O/c1-24(2,27)21-16-10-9-15-20(21)22-17-23(18-11-5-3-6-12-18)26(25-22)19-13-7-4-8-14-19/h3-17,27H,1-2H3. The van der Waals surface area contributed by atoms with Gasteiger partial charge in [0.25, 0.3) is 0 Å². The van der Waals surface area contributed by atoms with Crippen LogP contribution in [-0.2, 0) is 5.60 Å². The fourth-order valence-corrected chi connectivity index (χ4v) is 3.33. The summed E-state index contributed by atoms with van der Waals surface area (Å²) in [6.45, 7) is 3.61. The van der Waals surface area contributed by atoms with Crippen LogP contribution in [0.5, 0.6) is 0 Å². The van der Waals surface area contributed by atoms with Crippen LogP contribution in [0.2, 0.25) is 0 Å². The van der Waals surface area contributed by atoms with Crippen LogP contribution in [0.1, 0.15) is 19.4 Å². The molecule has 0 aliphatic carbocycles. The molecule has 1 aromatic heterocycles. The van der Waals surface area contributed by atoms with Crippen molar-refractivity contribution in [3.8, 4) is 28.2 Å². The van der Waals surface area contributed by atoms with Crippen molar-refractivity contribution in [2.45, 2.75) is 19.4 Å². The van der Waals surface area contributed by atoms with E-state index in [0.29, 0.717) is 0 Å². The van der Waals surface area contributed by atoms with Gasteiger partial charge in [0, 0.05) is 11.1 Å². The molecule has 4 aromatic rings. The molecule has 0 radical (unpaired) electrons. The molecule has 0 spiro atoms. The van der Waals surface area contributed by atoms with Gasteiger partial charge in [0.2, 0.25) is 0 Å². The summed E-state index contributed by atoms with van der Waals surface area (Å²) in [4.78, 5) is 0. The highest BCUT2D eigenvalue weighted by atomic mass is 16.3. The number of aromatic nitrogens is 2. The Balaban J connectivity index is 1.94. The van der Waals surface area contributed by atoms with Crippen LogP contribution in [0.15, 0.2) is 91.0 Å². The summed E-state index contributed by atoms with van der Waals surface area (Å²) >= 11 is 0. The topological polar surface area (TPSA) is 38.0 Å². The van der Waals surface area contributed by atoms with Gasteiger partial charge in [-0.15, -0.1) is 0 Å². The SMILES string of the molecule is CC(C)(O)c1ccccc1-c1cc(-c2ccccc2)n(-c2ccccc2)n1. The Hall–Kier alpha value is -3.17. The first-order valence-electron chi connectivity index (χ1n) is 9.07. The Morgan fingerprint density at radius 1 is 0.778 bits per heavy atom. The molecule has 0 amide bonds. The fourth-order valence-electron chi connectivity index (χ4n) is 3.33. The van der Waals surface area contributed by atoms with Gasteiger partial charge in [-0.2, -0.15) is 5.10 Å². The summed E-state index contributed by atoms with van der Waals surface area (Å²) in [5.74, 6) is 0. The monoisotopic (exact) mass is 354 g/mol. The molecule has 3 aromatic carbocycles. The lowest BCUT2D eigenvalue weighted by Crippen LogP contribution is -2.16. The summed E-state index contributed by atoms with van der Waals surface area (Å²) < 4.78 is 1.96. The Morgan fingerprint density at radius 3 is 2.04 bits per heavy atom. The highest BCUT2D eigenvalue weighted by Crippen LogP contribution is 2.34.